The van der Waals surface area contributed by atoms with Crippen molar-refractivity contribution in [2.45, 2.75) is 38.0 Å². The van der Waals surface area contributed by atoms with Crippen molar-refractivity contribution in [3.8, 4) is 0 Å². The molecule has 1 aromatic carbocycles. The van der Waals surface area contributed by atoms with Gasteiger partial charge in [-0.25, -0.2) is 9.89 Å². The maximum Gasteiger partial charge on any atom is 0.343 e. The van der Waals surface area contributed by atoms with Gasteiger partial charge in [-0.05, 0) is 24.1 Å². The molecule has 0 aliphatic carbocycles. The molecular formula is C16H21ClN4O2S. The van der Waals surface area contributed by atoms with Crippen LogP contribution in [0.5, 0.6) is 0 Å². The van der Waals surface area contributed by atoms with Gasteiger partial charge in [0, 0.05) is 25.2 Å². The highest BCUT2D eigenvalue weighted by Crippen LogP contribution is 2.16. The number of halogens is 1. The molecule has 0 atom stereocenters. The van der Waals surface area contributed by atoms with Gasteiger partial charge in [-0.3, -0.25) is 9.36 Å². The first-order valence-electron chi connectivity index (χ1n) is 7.77. The number of thioether (sulfide) groups is 1. The molecule has 0 aliphatic heterocycles. The van der Waals surface area contributed by atoms with Crippen molar-refractivity contribution in [1.82, 2.24) is 19.7 Å². The van der Waals surface area contributed by atoms with Gasteiger partial charge < -0.3 is 4.90 Å². The van der Waals surface area contributed by atoms with E-state index < -0.39 is 0 Å². The predicted molar refractivity (Wildman–Crippen MR) is 96.4 cm³/mol. The van der Waals surface area contributed by atoms with Crippen LogP contribution in [0.4, 0.5) is 0 Å². The second kappa shape index (κ2) is 8.94. The van der Waals surface area contributed by atoms with Crippen molar-refractivity contribution >= 4 is 29.3 Å². The van der Waals surface area contributed by atoms with Gasteiger partial charge in [-0.1, -0.05) is 48.8 Å². The Morgan fingerprint density at radius 3 is 2.96 bits per heavy atom. The van der Waals surface area contributed by atoms with Gasteiger partial charge in [0.15, 0.2) is 5.16 Å². The van der Waals surface area contributed by atoms with E-state index in [9.17, 15) is 9.59 Å². The predicted octanol–water partition coefficient (Wildman–Crippen LogP) is 2.78. The number of benzene rings is 1. The third-order valence-corrected chi connectivity index (χ3v) is 4.71. The lowest BCUT2D eigenvalue weighted by Gasteiger charge is -2.17. The van der Waals surface area contributed by atoms with Gasteiger partial charge in [0.1, 0.15) is 0 Å². The molecule has 1 aromatic heterocycles. The number of rotatable bonds is 8. The first-order valence-corrected chi connectivity index (χ1v) is 9.14. The van der Waals surface area contributed by atoms with Crippen LogP contribution in [0.1, 0.15) is 25.3 Å². The SMILES string of the molecule is CCCCn1c(SCC(=O)N(C)Cc2cccc(Cl)c2)n[nH]c1=O. The zero-order chi connectivity index (χ0) is 17.5. The smallest absolute Gasteiger partial charge is 0.341 e. The Morgan fingerprint density at radius 1 is 1.46 bits per heavy atom. The standard InChI is InChI=1S/C16H21ClN4O2S/c1-3-4-8-21-15(23)18-19-16(21)24-11-14(22)20(2)10-12-6-5-7-13(17)9-12/h5-7,9H,3-4,8,10-11H2,1-2H3,(H,18,23). The number of hydrogen-bond acceptors (Lipinski definition) is 4. The minimum absolute atomic E-state index is 0.0301. The number of H-pyrrole nitrogens is 1. The summed E-state index contributed by atoms with van der Waals surface area (Å²) in [5, 5.41) is 7.64. The fourth-order valence-electron chi connectivity index (χ4n) is 2.16. The lowest BCUT2D eigenvalue weighted by molar-refractivity contribution is -0.127. The number of carbonyl (C=O) groups excluding carboxylic acids is 1. The van der Waals surface area contributed by atoms with E-state index in [1.807, 2.05) is 18.2 Å². The number of amides is 1. The lowest BCUT2D eigenvalue weighted by atomic mass is 10.2. The summed E-state index contributed by atoms with van der Waals surface area (Å²) in [6.45, 7) is 3.16. The topological polar surface area (TPSA) is 71.0 Å². The highest BCUT2D eigenvalue weighted by atomic mass is 35.5. The summed E-state index contributed by atoms with van der Waals surface area (Å²) < 4.78 is 1.58. The molecule has 8 heteroatoms. The quantitative estimate of drug-likeness (QED) is 0.727. The van der Waals surface area contributed by atoms with E-state index in [2.05, 4.69) is 17.1 Å². The third kappa shape index (κ3) is 5.14. The normalized spacial score (nSPS) is 10.8. The summed E-state index contributed by atoms with van der Waals surface area (Å²) in [6.07, 6.45) is 1.89. The van der Waals surface area contributed by atoms with Crippen LogP contribution in [0, 0.1) is 0 Å². The molecule has 0 bridgehead atoms. The number of unbranched alkanes of at least 4 members (excludes halogenated alkanes) is 1. The van der Waals surface area contributed by atoms with Crippen LogP contribution < -0.4 is 5.69 Å². The number of nitrogens with zero attached hydrogens (tertiary/aromatic N) is 3. The summed E-state index contributed by atoms with van der Waals surface area (Å²) in [5.74, 6) is 0.200. The van der Waals surface area contributed by atoms with Crippen LogP contribution in [-0.4, -0.2) is 38.4 Å². The number of hydrogen-bond donors (Lipinski definition) is 1. The van der Waals surface area contributed by atoms with Crippen molar-refractivity contribution in [1.29, 1.82) is 0 Å². The average molecular weight is 369 g/mol. The highest BCUT2D eigenvalue weighted by molar-refractivity contribution is 7.99. The van der Waals surface area contributed by atoms with Crippen molar-refractivity contribution in [2.24, 2.45) is 0 Å². The largest absolute Gasteiger partial charge is 0.343 e. The second-order valence-corrected chi connectivity index (χ2v) is 6.86. The molecule has 130 valence electrons. The van der Waals surface area contributed by atoms with Crippen molar-refractivity contribution < 1.29 is 4.79 Å². The Kier molecular flexibility index (Phi) is 6.93. The third-order valence-electron chi connectivity index (χ3n) is 3.52. The Labute approximate surface area is 150 Å². The Hall–Kier alpha value is -1.73. The summed E-state index contributed by atoms with van der Waals surface area (Å²) >= 11 is 7.23. The van der Waals surface area contributed by atoms with E-state index in [0.717, 1.165) is 18.4 Å². The number of carbonyl (C=O) groups is 1. The van der Waals surface area contributed by atoms with E-state index in [0.29, 0.717) is 23.3 Å². The van der Waals surface area contributed by atoms with E-state index in [-0.39, 0.29) is 17.3 Å². The van der Waals surface area contributed by atoms with Crippen LogP contribution in [0.3, 0.4) is 0 Å². The van der Waals surface area contributed by atoms with Gasteiger partial charge in [-0.2, -0.15) is 0 Å². The molecule has 0 aliphatic rings. The number of aromatic nitrogens is 3. The average Bonchev–Trinajstić information content (AvgIpc) is 2.90. The minimum Gasteiger partial charge on any atom is -0.341 e. The Balaban J connectivity index is 1.92. The van der Waals surface area contributed by atoms with Gasteiger partial charge in [0.2, 0.25) is 5.91 Å². The fraction of sp³-hybridized carbons (Fsp3) is 0.438. The molecule has 0 saturated carbocycles. The molecule has 0 saturated heterocycles. The summed E-state index contributed by atoms with van der Waals surface area (Å²) in [5.41, 5.74) is 0.744. The zero-order valence-corrected chi connectivity index (χ0v) is 15.4. The van der Waals surface area contributed by atoms with Crippen LogP contribution in [0.2, 0.25) is 5.02 Å². The first kappa shape index (κ1) is 18.6. The zero-order valence-electron chi connectivity index (χ0n) is 13.8. The molecule has 0 spiro atoms. The molecule has 2 rings (SSSR count). The number of aromatic amines is 1. The first-order chi connectivity index (χ1) is 11.5. The van der Waals surface area contributed by atoms with Gasteiger partial charge in [0.05, 0.1) is 5.75 Å². The van der Waals surface area contributed by atoms with Crippen LogP contribution in [0.15, 0.2) is 34.2 Å². The second-order valence-electron chi connectivity index (χ2n) is 5.48. The molecule has 0 unspecified atom stereocenters. The maximum absolute atomic E-state index is 12.3. The molecule has 24 heavy (non-hydrogen) atoms. The van der Waals surface area contributed by atoms with Gasteiger partial charge >= 0.3 is 5.69 Å². The molecule has 6 nitrogen and oxygen atoms in total. The molecule has 1 amide bonds. The monoisotopic (exact) mass is 368 g/mol. The van der Waals surface area contributed by atoms with E-state index in [1.54, 1.807) is 22.6 Å². The Morgan fingerprint density at radius 2 is 2.25 bits per heavy atom. The maximum atomic E-state index is 12.3. The molecule has 1 N–H and O–H groups in total. The fourth-order valence-corrected chi connectivity index (χ4v) is 3.29. The van der Waals surface area contributed by atoms with Crippen LogP contribution in [0.25, 0.3) is 0 Å². The summed E-state index contributed by atoms with van der Waals surface area (Å²) in [6, 6.07) is 7.43. The lowest BCUT2D eigenvalue weighted by Crippen LogP contribution is -2.28. The number of nitrogens with one attached hydrogen (secondary N) is 1. The van der Waals surface area contributed by atoms with E-state index >= 15 is 0 Å². The van der Waals surface area contributed by atoms with Gasteiger partial charge in [-0.15, -0.1) is 5.10 Å². The molecule has 2 aromatic rings. The van der Waals surface area contributed by atoms with Gasteiger partial charge in [0.25, 0.3) is 0 Å². The van der Waals surface area contributed by atoms with Crippen molar-refractivity contribution in [2.75, 3.05) is 12.8 Å². The summed E-state index contributed by atoms with van der Waals surface area (Å²) in [7, 11) is 1.75. The Bertz CT molecular complexity index is 744. The molecule has 0 radical (unpaired) electrons. The van der Waals surface area contributed by atoms with E-state index in [1.165, 1.54) is 11.8 Å². The van der Waals surface area contributed by atoms with Crippen molar-refractivity contribution in [3.05, 3.63) is 45.3 Å². The molecular weight excluding hydrogens is 348 g/mol. The molecule has 1 heterocycles. The summed E-state index contributed by atoms with van der Waals surface area (Å²) in [4.78, 5) is 25.6. The minimum atomic E-state index is -0.231. The van der Waals surface area contributed by atoms with Crippen LogP contribution >= 0.6 is 23.4 Å². The van der Waals surface area contributed by atoms with Crippen molar-refractivity contribution in [3.63, 3.8) is 0 Å². The molecule has 0 fully saturated rings. The highest BCUT2D eigenvalue weighted by Gasteiger charge is 2.14. The van der Waals surface area contributed by atoms with Crippen LogP contribution in [-0.2, 0) is 17.9 Å². The van der Waals surface area contributed by atoms with E-state index in [4.69, 9.17) is 11.6 Å².